The van der Waals surface area contributed by atoms with Gasteiger partial charge in [0.15, 0.2) is 11.5 Å². The van der Waals surface area contributed by atoms with Gasteiger partial charge in [0, 0.05) is 35.9 Å². The van der Waals surface area contributed by atoms with Gasteiger partial charge in [-0.15, -0.1) is 10.2 Å². The van der Waals surface area contributed by atoms with Gasteiger partial charge in [-0.2, -0.15) is 5.10 Å². The fraction of sp³-hybridized carbons (Fsp3) is 0.400. The first-order chi connectivity index (χ1) is 17.5. The van der Waals surface area contributed by atoms with Gasteiger partial charge in [-0.3, -0.25) is 14.3 Å². The number of carbonyl (C=O) groups is 2. The van der Waals surface area contributed by atoms with Crippen LogP contribution in [0.4, 0.5) is 17.2 Å². The number of nitrogens with one attached hydrogen (secondary N) is 2. The van der Waals surface area contributed by atoms with E-state index in [1.165, 1.54) is 0 Å². The Kier molecular flexibility index (Phi) is 5.36. The summed E-state index contributed by atoms with van der Waals surface area (Å²) >= 11 is 0. The molecule has 1 saturated heterocycles. The van der Waals surface area contributed by atoms with Crippen molar-refractivity contribution in [3.63, 3.8) is 0 Å². The van der Waals surface area contributed by atoms with Crippen molar-refractivity contribution in [3.05, 3.63) is 42.4 Å². The number of amides is 2. The van der Waals surface area contributed by atoms with Crippen LogP contribution in [0, 0.1) is 5.92 Å². The maximum atomic E-state index is 12.2. The number of anilines is 3. The molecule has 3 aromatic rings. The molecule has 11 nitrogen and oxygen atoms in total. The quantitative estimate of drug-likeness (QED) is 0.438. The third kappa shape index (κ3) is 4.05. The SMILES string of the molecule is COc1c(Nc2cc(NC(=O)C3CC3)nnc2C(N)=O)cccc1-c1cnn(C2CCOC23CC3)c1. The van der Waals surface area contributed by atoms with Crippen molar-refractivity contribution in [3.8, 4) is 16.9 Å². The lowest BCUT2D eigenvalue weighted by molar-refractivity contribution is -0.117. The van der Waals surface area contributed by atoms with E-state index in [2.05, 4.69) is 25.9 Å². The van der Waals surface area contributed by atoms with E-state index in [-0.39, 0.29) is 35.0 Å². The smallest absolute Gasteiger partial charge is 0.271 e. The van der Waals surface area contributed by atoms with Gasteiger partial charge >= 0.3 is 0 Å². The molecule has 186 valence electrons. The van der Waals surface area contributed by atoms with Gasteiger partial charge in [0.05, 0.1) is 36.3 Å². The van der Waals surface area contributed by atoms with E-state index in [1.807, 2.05) is 35.3 Å². The fourth-order valence-electron chi connectivity index (χ4n) is 4.89. The number of ether oxygens (including phenoxy) is 2. The molecule has 2 amide bonds. The molecule has 3 heterocycles. The van der Waals surface area contributed by atoms with Gasteiger partial charge in [0.2, 0.25) is 5.91 Å². The summed E-state index contributed by atoms with van der Waals surface area (Å²) in [6.45, 7) is 0.758. The minimum Gasteiger partial charge on any atom is -0.494 e. The van der Waals surface area contributed by atoms with Crippen LogP contribution in [0.15, 0.2) is 36.7 Å². The lowest BCUT2D eigenvalue weighted by Crippen LogP contribution is -2.21. The van der Waals surface area contributed by atoms with Gasteiger partial charge in [-0.25, -0.2) is 0 Å². The summed E-state index contributed by atoms with van der Waals surface area (Å²) in [6.07, 6.45) is 8.66. The number of carbonyl (C=O) groups excluding carboxylic acids is 2. The maximum absolute atomic E-state index is 12.2. The maximum Gasteiger partial charge on any atom is 0.271 e. The summed E-state index contributed by atoms with van der Waals surface area (Å²) in [5, 5.41) is 18.5. The molecule has 2 aliphatic carbocycles. The third-order valence-electron chi connectivity index (χ3n) is 7.08. The predicted molar refractivity (Wildman–Crippen MR) is 131 cm³/mol. The van der Waals surface area contributed by atoms with Crippen LogP contribution in [0.3, 0.4) is 0 Å². The molecule has 2 aromatic heterocycles. The number of methoxy groups -OCH3 is 1. The summed E-state index contributed by atoms with van der Waals surface area (Å²) in [4.78, 5) is 24.2. The topological polar surface area (TPSA) is 146 Å². The molecule has 3 fully saturated rings. The number of aromatic nitrogens is 4. The van der Waals surface area contributed by atoms with Gasteiger partial charge in [-0.1, -0.05) is 12.1 Å². The number of hydrogen-bond acceptors (Lipinski definition) is 8. The zero-order valence-corrected chi connectivity index (χ0v) is 19.9. The molecule has 6 rings (SSSR count). The van der Waals surface area contributed by atoms with Crippen molar-refractivity contribution in [2.24, 2.45) is 11.7 Å². The van der Waals surface area contributed by atoms with Gasteiger partial charge in [0.1, 0.15) is 5.75 Å². The highest BCUT2D eigenvalue weighted by Crippen LogP contribution is 2.53. The average molecular weight is 490 g/mol. The Morgan fingerprint density at radius 2 is 2.03 bits per heavy atom. The number of para-hydroxylation sites is 1. The average Bonchev–Trinajstić information content (AvgIpc) is 3.76. The molecule has 1 unspecified atom stereocenters. The van der Waals surface area contributed by atoms with E-state index in [0.717, 1.165) is 49.8 Å². The highest BCUT2D eigenvalue weighted by molar-refractivity contribution is 5.99. The van der Waals surface area contributed by atoms with Crippen molar-refractivity contribution in [2.75, 3.05) is 24.4 Å². The molecule has 36 heavy (non-hydrogen) atoms. The lowest BCUT2D eigenvalue weighted by atomic mass is 10.1. The number of primary amides is 1. The molecule has 1 aromatic carbocycles. The zero-order chi connectivity index (χ0) is 24.9. The van der Waals surface area contributed by atoms with E-state index in [4.69, 9.17) is 15.2 Å². The molecule has 1 atom stereocenters. The van der Waals surface area contributed by atoms with E-state index >= 15 is 0 Å². The molecular formula is C25H27N7O4. The number of nitrogens with zero attached hydrogens (tertiary/aromatic N) is 4. The van der Waals surface area contributed by atoms with Crippen molar-refractivity contribution in [1.29, 1.82) is 0 Å². The molecule has 1 spiro atoms. The minimum atomic E-state index is -0.741. The van der Waals surface area contributed by atoms with Crippen molar-refractivity contribution in [2.45, 2.75) is 43.7 Å². The van der Waals surface area contributed by atoms with Crippen molar-refractivity contribution >= 4 is 29.0 Å². The second-order valence-corrected chi connectivity index (χ2v) is 9.56. The first kappa shape index (κ1) is 22.5. The van der Waals surface area contributed by atoms with Gasteiger partial charge < -0.3 is 25.8 Å². The van der Waals surface area contributed by atoms with Crippen molar-refractivity contribution < 1.29 is 19.1 Å². The largest absolute Gasteiger partial charge is 0.494 e. The molecule has 4 N–H and O–H groups in total. The number of benzene rings is 1. The van der Waals surface area contributed by atoms with Crippen LogP contribution >= 0.6 is 0 Å². The Labute approximate surface area is 207 Å². The third-order valence-corrected chi connectivity index (χ3v) is 7.08. The highest BCUT2D eigenvalue weighted by Gasteiger charge is 2.55. The Balaban J connectivity index is 1.31. The zero-order valence-electron chi connectivity index (χ0n) is 19.9. The molecule has 1 aliphatic heterocycles. The van der Waals surface area contributed by atoms with Crippen LogP contribution in [-0.4, -0.2) is 51.1 Å². The van der Waals surface area contributed by atoms with Crippen LogP contribution in [-0.2, 0) is 9.53 Å². The van der Waals surface area contributed by atoms with E-state index < -0.39 is 5.91 Å². The Hall–Kier alpha value is -3.99. The summed E-state index contributed by atoms with van der Waals surface area (Å²) in [6, 6.07) is 7.44. The van der Waals surface area contributed by atoms with Gasteiger partial charge in [-0.05, 0) is 38.2 Å². The number of rotatable bonds is 8. The predicted octanol–water partition coefficient (Wildman–Crippen LogP) is 3.03. The van der Waals surface area contributed by atoms with Crippen LogP contribution in [0.5, 0.6) is 5.75 Å². The Morgan fingerprint density at radius 3 is 2.75 bits per heavy atom. The minimum absolute atomic E-state index is 0.00214. The first-order valence-electron chi connectivity index (χ1n) is 12.1. The molecule has 11 heteroatoms. The second-order valence-electron chi connectivity index (χ2n) is 9.56. The standard InChI is InChI=1S/C25H27N7O4/c1-35-22-16(15-12-27-32(13-15)19-7-10-36-25(19)8-9-25)3-2-4-17(22)28-18-11-20(29-24(34)14-5-6-14)30-31-21(18)23(26)33/h2-4,11-14,19H,5-10H2,1H3,(H2,26,33)(H2,28,29,30,34). The molecule has 2 saturated carbocycles. The molecular weight excluding hydrogens is 462 g/mol. The summed E-state index contributed by atoms with van der Waals surface area (Å²) in [5.74, 6) is -0.0453. The van der Waals surface area contributed by atoms with Crippen LogP contribution in [0.25, 0.3) is 11.1 Å². The van der Waals surface area contributed by atoms with E-state index in [0.29, 0.717) is 17.1 Å². The first-order valence-corrected chi connectivity index (χ1v) is 12.1. The summed E-state index contributed by atoms with van der Waals surface area (Å²) in [7, 11) is 1.58. The summed E-state index contributed by atoms with van der Waals surface area (Å²) in [5.41, 5.74) is 8.09. The van der Waals surface area contributed by atoms with Crippen LogP contribution in [0.1, 0.15) is 48.6 Å². The molecule has 3 aliphatic rings. The number of nitrogens with two attached hydrogens (primary N) is 1. The van der Waals surface area contributed by atoms with Gasteiger partial charge in [0.25, 0.3) is 5.91 Å². The normalized spacial score (nSPS) is 19.8. The molecule has 0 radical (unpaired) electrons. The van der Waals surface area contributed by atoms with E-state index in [9.17, 15) is 9.59 Å². The van der Waals surface area contributed by atoms with E-state index in [1.54, 1.807) is 13.2 Å². The Bertz CT molecular complexity index is 1350. The van der Waals surface area contributed by atoms with Crippen molar-refractivity contribution in [1.82, 2.24) is 20.0 Å². The van der Waals surface area contributed by atoms with Crippen LogP contribution < -0.4 is 21.1 Å². The fourth-order valence-corrected chi connectivity index (χ4v) is 4.89. The Morgan fingerprint density at radius 1 is 1.19 bits per heavy atom. The summed E-state index contributed by atoms with van der Waals surface area (Å²) < 4.78 is 13.8. The second kappa shape index (κ2) is 8.59. The number of hydrogen-bond donors (Lipinski definition) is 3. The van der Waals surface area contributed by atoms with Crippen LogP contribution in [0.2, 0.25) is 0 Å². The molecule has 0 bridgehead atoms. The monoisotopic (exact) mass is 489 g/mol. The highest BCUT2D eigenvalue weighted by atomic mass is 16.5. The lowest BCUT2D eigenvalue weighted by Gasteiger charge is -2.18.